The molecular formula is C14H19N3O3. The van der Waals surface area contributed by atoms with Crippen LogP contribution in [0.15, 0.2) is 18.5 Å². The predicted molar refractivity (Wildman–Crippen MR) is 72.9 cm³/mol. The Hall–Kier alpha value is -1.95. The molecule has 6 nitrogen and oxygen atoms in total. The molecule has 0 aromatic carbocycles. The van der Waals surface area contributed by atoms with Crippen molar-refractivity contribution in [2.24, 2.45) is 5.73 Å². The standard InChI is InChI=1S/C14H19N3O3/c1-10-8-16-5-3-11(10)13(19)17-6-2-4-14(20,9-17)7-12(15)18/h3,5,8,20H,2,4,6-7,9H2,1H3,(H2,15,18). The molecule has 108 valence electrons. The molecule has 6 heteroatoms. The van der Waals surface area contributed by atoms with Gasteiger partial charge in [-0.1, -0.05) is 0 Å². The first-order valence-corrected chi connectivity index (χ1v) is 6.62. The van der Waals surface area contributed by atoms with Gasteiger partial charge in [0, 0.05) is 24.5 Å². The van der Waals surface area contributed by atoms with Gasteiger partial charge in [-0.2, -0.15) is 0 Å². The quantitative estimate of drug-likeness (QED) is 0.826. The molecule has 20 heavy (non-hydrogen) atoms. The van der Waals surface area contributed by atoms with Crippen molar-refractivity contribution in [3.63, 3.8) is 0 Å². The normalized spacial score (nSPS) is 22.6. The highest BCUT2D eigenvalue weighted by atomic mass is 16.3. The number of aryl methyl sites for hydroxylation is 1. The molecule has 0 radical (unpaired) electrons. The summed E-state index contributed by atoms with van der Waals surface area (Å²) >= 11 is 0. The van der Waals surface area contributed by atoms with Crippen LogP contribution >= 0.6 is 0 Å². The molecule has 1 aliphatic rings. The predicted octanol–water partition coefficient (Wildman–Crippen LogP) is 0.233. The third-order valence-electron chi connectivity index (χ3n) is 3.60. The number of piperidine rings is 1. The average Bonchev–Trinajstić information content (AvgIpc) is 2.37. The van der Waals surface area contributed by atoms with Gasteiger partial charge in [0.1, 0.15) is 0 Å². The van der Waals surface area contributed by atoms with Gasteiger partial charge < -0.3 is 15.7 Å². The molecule has 0 aliphatic carbocycles. The van der Waals surface area contributed by atoms with Crippen LogP contribution in [0.3, 0.4) is 0 Å². The number of nitrogens with two attached hydrogens (primary N) is 1. The molecule has 0 saturated carbocycles. The Balaban J connectivity index is 2.15. The number of rotatable bonds is 3. The lowest BCUT2D eigenvalue weighted by Crippen LogP contribution is -2.52. The Kier molecular flexibility index (Phi) is 4.04. The summed E-state index contributed by atoms with van der Waals surface area (Å²) in [4.78, 5) is 29.0. The number of likely N-dealkylation sites (tertiary alicyclic amines) is 1. The van der Waals surface area contributed by atoms with E-state index in [1.54, 1.807) is 23.4 Å². The van der Waals surface area contributed by atoms with Crippen LogP contribution in [0.4, 0.5) is 0 Å². The molecule has 1 aromatic rings. The van der Waals surface area contributed by atoms with Crippen molar-refractivity contribution in [3.8, 4) is 0 Å². The number of nitrogens with zero attached hydrogens (tertiary/aromatic N) is 2. The third-order valence-corrected chi connectivity index (χ3v) is 3.60. The van der Waals surface area contributed by atoms with E-state index in [-0.39, 0.29) is 18.9 Å². The number of primary amides is 1. The van der Waals surface area contributed by atoms with E-state index in [0.717, 1.165) is 5.56 Å². The minimum atomic E-state index is -1.21. The van der Waals surface area contributed by atoms with Gasteiger partial charge >= 0.3 is 0 Å². The van der Waals surface area contributed by atoms with Crippen molar-refractivity contribution >= 4 is 11.8 Å². The zero-order chi connectivity index (χ0) is 14.8. The van der Waals surface area contributed by atoms with Crippen molar-refractivity contribution in [2.75, 3.05) is 13.1 Å². The van der Waals surface area contributed by atoms with Gasteiger partial charge in [0.2, 0.25) is 5.91 Å². The summed E-state index contributed by atoms with van der Waals surface area (Å²) in [6, 6.07) is 1.67. The summed E-state index contributed by atoms with van der Waals surface area (Å²) < 4.78 is 0. The lowest BCUT2D eigenvalue weighted by molar-refractivity contribution is -0.125. The first-order valence-electron chi connectivity index (χ1n) is 6.62. The van der Waals surface area contributed by atoms with Crippen molar-refractivity contribution in [1.29, 1.82) is 0 Å². The minimum Gasteiger partial charge on any atom is -0.388 e. The summed E-state index contributed by atoms with van der Waals surface area (Å²) in [6.45, 7) is 2.53. The van der Waals surface area contributed by atoms with Crippen molar-refractivity contribution in [1.82, 2.24) is 9.88 Å². The number of carbonyl (C=O) groups excluding carboxylic acids is 2. The van der Waals surface area contributed by atoms with Gasteiger partial charge in [0.15, 0.2) is 0 Å². The molecular weight excluding hydrogens is 258 g/mol. The van der Waals surface area contributed by atoms with E-state index in [9.17, 15) is 14.7 Å². The van der Waals surface area contributed by atoms with Gasteiger partial charge in [0.05, 0.1) is 18.6 Å². The number of carbonyl (C=O) groups is 2. The molecule has 0 spiro atoms. The average molecular weight is 277 g/mol. The molecule has 1 aliphatic heterocycles. The second kappa shape index (κ2) is 5.58. The lowest BCUT2D eigenvalue weighted by Gasteiger charge is -2.38. The SMILES string of the molecule is Cc1cnccc1C(=O)N1CCCC(O)(CC(N)=O)C1. The highest BCUT2D eigenvalue weighted by Gasteiger charge is 2.36. The van der Waals surface area contributed by atoms with E-state index in [0.29, 0.717) is 24.9 Å². The molecule has 2 rings (SSSR count). The first kappa shape index (κ1) is 14.5. The molecule has 3 N–H and O–H groups in total. The molecule has 2 heterocycles. The summed E-state index contributed by atoms with van der Waals surface area (Å²) in [6.07, 6.45) is 4.22. The van der Waals surface area contributed by atoms with Crippen LogP contribution in [0.5, 0.6) is 0 Å². The Labute approximate surface area is 117 Å². The summed E-state index contributed by atoms with van der Waals surface area (Å²) in [5, 5.41) is 10.4. The minimum absolute atomic E-state index is 0.119. The zero-order valence-electron chi connectivity index (χ0n) is 11.5. The summed E-state index contributed by atoms with van der Waals surface area (Å²) in [5.41, 5.74) is 5.31. The fourth-order valence-electron chi connectivity index (χ4n) is 2.64. The van der Waals surface area contributed by atoms with Crippen LogP contribution < -0.4 is 5.73 Å². The highest BCUT2D eigenvalue weighted by Crippen LogP contribution is 2.25. The van der Waals surface area contributed by atoms with Gasteiger partial charge in [-0.15, -0.1) is 0 Å². The van der Waals surface area contributed by atoms with Crippen molar-refractivity contribution in [3.05, 3.63) is 29.6 Å². The number of β-amino-alcohol motifs (C(OH)–C–C–N with tert-alkyl or cyclic N) is 1. The fourth-order valence-corrected chi connectivity index (χ4v) is 2.64. The maximum absolute atomic E-state index is 12.5. The molecule has 1 unspecified atom stereocenters. The van der Waals surface area contributed by atoms with E-state index in [1.807, 2.05) is 6.92 Å². The maximum atomic E-state index is 12.5. The molecule has 1 aromatic heterocycles. The summed E-state index contributed by atoms with van der Waals surface area (Å²) in [5.74, 6) is -0.700. The van der Waals surface area contributed by atoms with Crippen LogP contribution in [0.1, 0.15) is 35.2 Å². The molecule has 1 fully saturated rings. The zero-order valence-corrected chi connectivity index (χ0v) is 11.5. The van der Waals surface area contributed by atoms with Crippen LogP contribution in [-0.4, -0.2) is 45.5 Å². The Morgan fingerprint density at radius 1 is 1.55 bits per heavy atom. The second-order valence-corrected chi connectivity index (χ2v) is 5.39. The van der Waals surface area contributed by atoms with Gasteiger partial charge in [-0.25, -0.2) is 0 Å². The molecule has 2 amide bonds. The van der Waals surface area contributed by atoms with Crippen LogP contribution in [0.25, 0.3) is 0 Å². The van der Waals surface area contributed by atoms with Crippen LogP contribution in [0, 0.1) is 6.92 Å². The molecule has 0 bridgehead atoms. The van der Waals surface area contributed by atoms with E-state index < -0.39 is 11.5 Å². The molecule has 1 saturated heterocycles. The van der Waals surface area contributed by atoms with Crippen LogP contribution in [0.2, 0.25) is 0 Å². The van der Waals surface area contributed by atoms with E-state index in [2.05, 4.69) is 4.98 Å². The van der Waals surface area contributed by atoms with E-state index in [4.69, 9.17) is 5.73 Å². The van der Waals surface area contributed by atoms with Crippen LogP contribution in [-0.2, 0) is 4.79 Å². The second-order valence-electron chi connectivity index (χ2n) is 5.39. The van der Waals surface area contributed by atoms with Gasteiger partial charge in [-0.05, 0) is 31.4 Å². The number of hydrogen-bond donors (Lipinski definition) is 2. The lowest BCUT2D eigenvalue weighted by atomic mass is 9.89. The number of aromatic nitrogens is 1. The number of hydrogen-bond acceptors (Lipinski definition) is 4. The Bertz CT molecular complexity index is 532. The number of pyridine rings is 1. The van der Waals surface area contributed by atoms with Crippen molar-refractivity contribution in [2.45, 2.75) is 31.8 Å². The third kappa shape index (κ3) is 3.14. The van der Waals surface area contributed by atoms with E-state index in [1.165, 1.54) is 0 Å². The largest absolute Gasteiger partial charge is 0.388 e. The topological polar surface area (TPSA) is 96.5 Å². The maximum Gasteiger partial charge on any atom is 0.254 e. The van der Waals surface area contributed by atoms with E-state index >= 15 is 0 Å². The Morgan fingerprint density at radius 2 is 2.30 bits per heavy atom. The number of aliphatic hydroxyl groups is 1. The number of amides is 2. The monoisotopic (exact) mass is 277 g/mol. The Morgan fingerprint density at radius 3 is 2.95 bits per heavy atom. The van der Waals surface area contributed by atoms with Crippen molar-refractivity contribution < 1.29 is 14.7 Å². The smallest absolute Gasteiger partial charge is 0.254 e. The summed E-state index contributed by atoms with van der Waals surface area (Å²) in [7, 11) is 0. The first-order chi connectivity index (χ1) is 9.41. The molecule has 1 atom stereocenters. The fraction of sp³-hybridized carbons (Fsp3) is 0.500. The van der Waals surface area contributed by atoms with Gasteiger partial charge in [-0.3, -0.25) is 14.6 Å². The highest BCUT2D eigenvalue weighted by molar-refractivity contribution is 5.95. The van der Waals surface area contributed by atoms with Gasteiger partial charge in [0.25, 0.3) is 5.91 Å².